The fourth-order valence-electron chi connectivity index (χ4n) is 7.79. The Bertz CT molecular complexity index is 1110. The topological polar surface area (TPSA) is 78.9 Å². The quantitative estimate of drug-likeness (QED) is 0.0262. The Balaban J connectivity index is 4.14. The molecule has 0 fully saturated rings. The summed E-state index contributed by atoms with van der Waals surface area (Å²) in [6.07, 6.45) is 62.7. The van der Waals surface area contributed by atoms with Crippen LogP contribution in [0.1, 0.15) is 278 Å². The molecule has 0 amide bonds. The van der Waals surface area contributed by atoms with Gasteiger partial charge >= 0.3 is 17.9 Å². The molecule has 0 aliphatic heterocycles. The molecular formula is C57H102O6. The highest BCUT2D eigenvalue weighted by atomic mass is 16.6. The van der Waals surface area contributed by atoms with Gasteiger partial charge in [-0.15, -0.1) is 0 Å². The van der Waals surface area contributed by atoms with Gasteiger partial charge in [0.1, 0.15) is 13.2 Å². The van der Waals surface area contributed by atoms with Crippen molar-refractivity contribution in [2.24, 2.45) is 0 Å². The molecule has 1 unspecified atom stereocenters. The van der Waals surface area contributed by atoms with E-state index in [-0.39, 0.29) is 31.1 Å². The van der Waals surface area contributed by atoms with Crippen molar-refractivity contribution in [3.05, 3.63) is 48.6 Å². The third kappa shape index (κ3) is 50.2. The van der Waals surface area contributed by atoms with Crippen molar-refractivity contribution in [1.29, 1.82) is 0 Å². The molecule has 63 heavy (non-hydrogen) atoms. The van der Waals surface area contributed by atoms with Crippen LogP contribution in [0.2, 0.25) is 0 Å². The molecule has 0 aromatic carbocycles. The molecule has 6 heteroatoms. The lowest BCUT2D eigenvalue weighted by Gasteiger charge is -2.18. The zero-order chi connectivity index (χ0) is 45.8. The minimum Gasteiger partial charge on any atom is -0.462 e. The Morgan fingerprint density at radius 1 is 0.333 bits per heavy atom. The van der Waals surface area contributed by atoms with E-state index in [1.54, 1.807) is 0 Å². The molecule has 0 radical (unpaired) electrons. The summed E-state index contributed by atoms with van der Waals surface area (Å²) < 4.78 is 16.7. The predicted octanol–water partition coefficient (Wildman–Crippen LogP) is 17.9. The molecule has 0 aromatic rings. The number of unbranched alkanes of at least 4 members (excludes halogenated alkanes) is 30. The first-order valence-corrected chi connectivity index (χ1v) is 27.1. The molecule has 0 heterocycles. The second kappa shape index (κ2) is 52.0. The maximum atomic E-state index is 12.8. The first kappa shape index (κ1) is 60.4. The lowest BCUT2D eigenvalue weighted by molar-refractivity contribution is -0.167. The molecule has 0 bridgehead atoms. The average Bonchev–Trinajstić information content (AvgIpc) is 3.28. The van der Waals surface area contributed by atoms with Gasteiger partial charge in [0.15, 0.2) is 6.10 Å². The van der Waals surface area contributed by atoms with Crippen LogP contribution >= 0.6 is 0 Å². The smallest absolute Gasteiger partial charge is 0.306 e. The summed E-state index contributed by atoms with van der Waals surface area (Å²) in [7, 11) is 0. The van der Waals surface area contributed by atoms with Crippen molar-refractivity contribution in [1.82, 2.24) is 0 Å². The average molecular weight is 883 g/mol. The van der Waals surface area contributed by atoms with Crippen LogP contribution in [0.25, 0.3) is 0 Å². The largest absolute Gasteiger partial charge is 0.462 e. The highest BCUT2D eigenvalue weighted by molar-refractivity contribution is 5.71. The summed E-state index contributed by atoms with van der Waals surface area (Å²) >= 11 is 0. The van der Waals surface area contributed by atoms with Gasteiger partial charge in [-0.05, 0) is 57.8 Å². The van der Waals surface area contributed by atoms with Gasteiger partial charge in [-0.25, -0.2) is 0 Å². The summed E-state index contributed by atoms with van der Waals surface area (Å²) in [6, 6.07) is 0. The molecule has 0 saturated carbocycles. The zero-order valence-electron chi connectivity index (χ0n) is 41.8. The number of carbonyl (C=O) groups excluding carboxylic acids is 3. The fraction of sp³-hybridized carbons (Fsp3) is 0.807. The van der Waals surface area contributed by atoms with Crippen LogP contribution < -0.4 is 0 Å². The Labute approximate surface area is 390 Å². The molecule has 0 rings (SSSR count). The molecule has 0 saturated heterocycles. The SMILES string of the molecule is CC/C=C\C/C=C\C/C=C\C/C=C\CCCCCCCCCCCCC(=O)OCC(COC(=O)CCCCCCCC)OC(=O)CCCCCCCCCCCCCCCCCC. The van der Waals surface area contributed by atoms with Crippen molar-refractivity contribution >= 4 is 17.9 Å². The van der Waals surface area contributed by atoms with Crippen LogP contribution in [0, 0.1) is 0 Å². The van der Waals surface area contributed by atoms with Crippen LogP contribution in [0.15, 0.2) is 48.6 Å². The number of hydrogen-bond acceptors (Lipinski definition) is 6. The summed E-state index contributed by atoms with van der Waals surface area (Å²) in [5.41, 5.74) is 0. The number of esters is 3. The molecule has 0 spiro atoms. The maximum Gasteiger partial charge on any atom is 0.306 e. The second-order valence-electron chi connectivity index (χ2n) is 18.1. The monoisotopic (exact) mass is 883 g/mol. The van der Waals surface area contributed by atoms with Crippen molar-refractivity contribution in [2.75, 3.05) is 13.2 Å². The Hall–Kier alpha value is -2.63. The summed E-state index contributed by atoms with van der Waals surface area (Å²) in [5, 5.41) is 0. The molecule has 6 nitrogen and oxygen atoms in total. The number of rotatable bonds is 49. The lowest BCUT2D eigenvalue weighted by Crippen LogP contribution is -2.30. The van der Waals surface area contributed by atoms with Gasteiger partial charge in [0.2, 0.25) is 0 Å². The molecule has 0 aliphatic rings. The van der Waals surface area contributed by atoms with Gasteiger partial charge in [0.25, 0.3) is 0 Å². The number of ether oxygens (including phenoxy) is 3. The third-order valence-corrected chi connectivity index (χ3v) is 11.8. The van der Waals surface area contributed by atoms with Gasteiger partial charge in [0, 0.05) is 19.3 Å². The van der Waals surface area contributed by atoms with Gasteiger partial charge in [0.05, 0.1) is 0 Å². The molecule has 366 valence electrons. The van der Waals surface area contributed by atoms with E-state index in [2.05, 4.69) is 69.4 Å². The van der Waals surface area contributed by atoms with E-state index in [4.69, 9.17) is 14.2 Å². The molecule has 1 atom stereocenters. The Kier molecular flexibility index (Phi) is 49.8. The summed E-state index contributed by atoms with van der Waals surface area (Å²) in [6.45, 7) is 6.49. The van der Waals surface area contributed by atoms with Gasteiger partial charge in [-0.1, -0.05) is 249 Å². The van der Waals surface area contributed by atoms with Crippen LogP contribution in [-0.4, -0.2) is 37.2 Å². The van der Waals surface area contributed by atoms with Crippen LogP contribution in [0.4, 0.5) is 0 Å². The summed E-state index contributed by atoms with van der Waals surface area (Å²) in [5.74, 6) is -0.874. The molecule has 0 aromatic heterocycles. The predicted molar refractivity (Wildman–Crippen MR) is 270 cm³/mol. The van der Waals surface area contributed by atoms with Crippen LogP contribution in [0.5, 0.6) is 0 Å². The van der Waals surface area contributed by atoms with Crippen molar-refractivity contribution in [3.63, 3.8) is 0 Å². The summed E-state index contributed by atoms with van der Waals surface area (Å²) in [4.78, 5) is 37.8. The van der Waals surface area contributed by atoms with E-state index in [0.717, 1.165) is 83.5 Å². The van der Waals surface area contributed by atoms with E-state index >= 15 is 0 Å². The van der Waals surface area contributed by atoms with Gasteiger partial charge in [-0.2, -0.15) is 0 Å². The van der Waals surface area contributed by atoms with E-state index in [0.29, 0.717) is 19.3 Å². The minimum atomic E-state index is -0.768. The van der Waals surface area contributed by atoms with Crippen LogP contribution in [0.3, 0.4) is 0 Å². The van der Waals surface area contributed by atoms with E-state index in [1.807, 2.05) is 0 Å². The van der Waals surface area contributed by atoms with Crippen molar-refractivity contribution < 1.29 is 28.6 Å². The second-order valence-corrected chi connectivity index (χ2v) is 18.1. The van der Waals surface area contributed by atoms with Gasteiger partial charge < -0.3 is 14.2 Å². The number of allylic oxidation sites excluding steroid dienone is 8. The Morgan fingerprint density at radius 3 is 0.968 bits per heavy atom. The minimum absolute atomic E-state index is 0.0715. The number of hydrogen-bond donors (Lipinski definition) is 0. The highest BCUT2D eigenvalue weighted by Crippen LogP contribution is 2.16. The number of carbonyl (C=O) groups is 3. The van der Waals surface area contributed by atoms with E-state index < -0.39 is 6.10 Å². The Morgan fingerprint density at radius 2 is 0.619 bits per heavy atom. The van der Waals surface area contributed by atoms with Gasteiger partial charge in [-0.3, -0.25) is 14.4 Å². The van der Waals surface area contributed by atoms with Crippen molar-refractivity contribution in [3.8, 4) is 0 Å². The van der Waals surface area contributed by atoms with Crippen LogP contribution in [-0.2, 0) is 28.6 Å². The first-order valence-electron chi connectivity index (χ1n) is 27.1. The fourth-order valence-corrected chi connectivity index (χ4v) is 7.79. The van der Waals surface area contributed by atoms with Crippen molar-refractivity contribution in [2.45, 2.75) is 284 Å². The third-order valence-electron chi connectivity index (χ3n) is 11.8. The molecular weight excluding hydrogens is 781 g/mol. The lowest BCUT2D eigenvalue weighted by atomic mass is 10.0. The molecule has 0 aliphatic carbocycles. The van der Waals surface area contributed by atoms with E-state index in [1.165, 1.54) is 154 Å². The maximum absolute atomic E-state index is 12.8. The zero-order valence-corrected chi connectivity index (χ0v) is 41.8. The first-order chi connectivity index (χ1) is 31.0. The van der Waals surface area contributed by atoms with E-state index in [9.17, 15) is 14.4 Å². The standard InChI is InChI=1S/C57H102O6/c1-4-7-10-13-16-18-20-22-24-26-27-28-29-30-31-32-34-35-37-39-41-44-47-50-56(59)62-53-54(52-61-55(58)49-46-43-15-12-9-6-3)63-57(60)51-48-45-42-40-38-36-33-25-23-21-19-17-14-11-8-5-2/h7,10,16,18,22,24,27-28,54H,4-6,8-9,11-15,17,19-21,23,25-26,29-53H2,1-3H3/b10-7-,18-16-,24-22-,28-27-. The normalized spacial score (nSPS) is 12.4. The molecule has 0 N–H and O–H groups in total. The highest BCUT2D eigenvalue weighted by Gasteiger charge is 2.19.